The third-order valence-electron chi connectivity index (χ3n) is 3.98. The minimum Gasteiger partial charge on any atom is -0.479 e. The van der Waals surface area contributed by atoms with Gasteiger partial charge in [-0.15, -0.1) is 0 Å². The molecule has 0 fully saturated rings. The van der Waals surface area contributed by atoms with Crippen molar-refractivity contribution in [2.75, 3.05) is 16.0 Å². The molecule has 2 aromatic carbocycles. The van der Waals surface area contributed by atoms with E-state index in [1.807, 2.05) is 0 Å². The van der Waals surface area contributed by atoms with Crippen LogP contribution in [0.3, 0.4) is 0 Å². The minimum atomic E-state index is -1.66. The highest BCUT2D eigenvalue weighted by molar-refractivity contribution is 5.99. The highest BCUT2D eigenvalue weighted by Crippen LogP contribution is 2.32. The van der Waals surface area contributed by atoms with Gasteiger partial charge in [0.1, 0.15) is 11.8 Å². The summed E-state index contributed by atoms with van der Waals surface area (Å²) in [6.07, 6.45) is -0.605. The first-order chi connectivity index (χ1) is 12.8. The largest absolute Gasteiger partial charge is 0.479 e. The van der Waals surface area contributed by atoms with E-state index in [9.17, 15) is 22.8 Å². The number of anilines is 3. The molecule has 0 bridgehead atoms. The van der Waals surface area contributed by atoms with Crippen molar-refractivity contribution < 1.29 is 27.5 Å². The van der Waals surface area contributed by atoms with Crippen LogP contribution in [0.15, 0.2) is 30.3 Å². The van der Waals surface area contributed by atoms with Crippen LogP contribution in [0.1, 0.15) is 13.8 Å². The van der Waals surface area contributed by atoms with Gasteiger partial charge in [-0.3, -0.25) is 9.59 Å². The van der Waals surface area contributed by atoms with Crippen LogP contribution in [0, 0.1) is 17.5 Å². The smallest absolute Gasteiger partial charge is 0.265 e. The van der Waals surface area contributed by atoms with E-state index in [4.69, 9.17) is 4.74 Å². The number of ether oxygens (including phenoxy) is 1. The lowest BCUT2D eigenvalue weighted by Crippen LogP contribution is -2.35. The van der Waals surface area contributed by atoms with E-state index in [0.29, 0.717) is 17.1 Å². The van der Waals surface area contributed by atoms with Gasteiger partial charge in [-0.25, -0.2) is 13.2 Å². The number of halogens is 3. The Morgan fingerprint density at radius 3 is 2.67 bits per heavy atom. The second-order valence-electron chi connectivity index (χ2n) is 6.04. The molecule has 142 valence electrons. The second-order valence-corrected chi connectivity index (χ2v) is 6.04. The highest BCUT2D eigenvalue weighted by Gasteiger charge is 2.24. The van der Waals surface area contributed by atoms with E-state index < -0.39 is 41.2 Å². The molecule has 2 unspecified atom stereocenters. The monoisotopic (exact) mass is 379 g/mol. The molecular formula is C18H16F3N3O3. The number of benzene rings is 2. The molecule has 3 rings (SSSR count). The lowest BCUT2D eigenvalue weighted by Gasteiger charge is -2.24. The van der Waals surface area contributed by atoms with Gasteiger partial charge in [0.05, 0.1) is 11.4 Å². The summed E-state index contributed by atoms with van der Waals surface area (Å²) in [6, 6.07) is 5.68. The first-order valence-corrected chi connectivity index (χ1v) is 8.08. The van der Waals surface area contributed by atoms with Crippen molar-refractivity contribution in [1.82, 2.24) is 0 Å². The second kappa shape index (κ2) is 7.18. The SMILES string of the molecule is CC(Nc1ccc2c(c1)NC(=O)C(C)O2)C(=O)Nc1ccc(F)c(F)c1F. The lowest BCUT2D eigenvalue weighted by molar-refractivity contribution is -0.122. The van der Waals surface area contributed by atoms with Crippen LogP contribution < -0.4 is 20.7 Å². The van der Waals surface area contributed by atoms with Gasteiger partial charge in [0.2, 0.25) is 5.91 Å². The van der Waals surface area contributed by atoms with Gasteiger partial charge in [-0.1, -0.05) is 0 Å². The highest BCUT2D eigenvalue weighted by atomic mass is 19.2. The van der Waals surface area contributed by atoms with Gasteiger partial charge < -0.3 is 20.7 Å². The fourth-order valence-electron chi connectivity index (χ4n) is 2.48. The number of hydrogen-bond donors (Lipinski definition) is 3. The first kappa shape index (κ1) is 18.6. The van der Waals surface area contributed by atoms with E-state index in [-0.39, 0.29) is 5.91 Å². The number of nitrogens with one attached hydrogen (secondary N) is 3. The maximum absolute atomic E-state index is 13.7. The van der Waals surface area contributed by atoms with Crippen molar-refractivity contribution in [1.29, 1.82) is 0 Å². The third-order valence-corrected chi connectivity index (χ3v) is 3.98. The van der Waals surface area contributed by atoms with Crippen LogP contribution in [0.5, 0.6) is 5.75 Å². The Balaban J connectivity index is 1.69. The Hall–Kier alpha value is -3.23. The molecular weight excluding hydrogens is 363 g/mol. The first-order valence-electron chi connectivity index (χ1n) is 8.08. The molecule has 9 heteroatoms. The fourth-order valence-corrected chi connectivity index (χ4v) is 2.48. The van der Waals surface area contributed by atoms with Crippen molar-refractivity contribution in [3.63, 3.8) is 0 Å². The molecule has 0 spiro atoms. The summed E-state index contributed by atoms with van der Waals surface area (Å²) < 4.78 is 45.3. The molecule has 3 N–H and O–H groups in total. The maximum Gasteiger partial charge on any atom is 0.265 e. The van der Waals surface area contributed by atoms with Gasteiger partial charge >= 0.3 is 0 Å². The molecule has 0 saturated heterocycles. The molecule has 1 aliphatic heterocycles. The van der Waals surface area contributed by atoms with Crippen molar-refractivity contribution in [3.05, 3.63) is 47.8 Å². The van der Waals surface area contributed by atoms with Crippen LogP contribution in [0.4, 0.5) is 30.2 Å². The molecule has 0 radical (unpaired) electrons. The minimum absolute atomic E-state index is 0.292. The fraction of sp³-hybridized carbons (Fsp3) is 0.222. The number of hydrogen-bond acceptors (Lipinski definition) is 4. The quantitative estimate of drug-likeness (QED) is 0.713. The van der Waals surface area contributed by atoms with Crippen molar-refractivity contribution in [2.45, 2.75) is 26.0 Å². The molecule has 0 aliphatic carbocycles. The van der Waals surface area contributed by atoms with E-state index in [2.05, 4.69) is 16.0 Å². The molecule has 2 aromatic rings. The van der Waals surface area contributed by atoms with Crippen LogP contribution in [-0.4, -0.2) is 24.0 Å². The number of rotatable bonds is 4. The predicted molar refractivity (Wildman–Crippen MR) is 93.2 cm³/mol. The van der Waals surface area contributed by atoms with Gasteiger partial charge in [-0.2, -0.15) is 0 Å². The van der Waals surface area contributed by atoms with E-state index in [0.717, 1.165) is 12.1 Å². The zero-order valence-electron chi connectivity index (χ0n) is 14.4. The lowest BCUT2D eigenvalue weighted by atomic mass is 10.2. The Morgan fingerprint density at radius 1 is 1.19 bits per heavy atom. The van der Waals surface area contributed by atoms with Crippen LogP contribution in [0.2, 0.25) is 0 Å². The van der Waals surface area contributed by atoms with Gasteiger partial charge in [0.15, 0.2) is 23.6 Å². The summed E-state index contributed by atoms with van der Waals surface area (Å²) in [7, 11) is 0. The number of carbonyl (C=O) groups is 2. The number of carbonyl (C=O) groups excluding carboxylic acids is 2. The van der Waals surface area contributed by atoms with E-state index in [1.165, 1.54) is 6.92 Å². The van der Waals surface area contributed by atoms with E-state index >= 15 is 0 Å². The molecule has 0 aromatic heterocycles. The summed E-state index contributed by atoms with van der Waals surface area (Å²) in [5.41, 5.74) is 0.482. The summed E-state index contributed by atoms with van der Waals surface area (Å²) in [6.45, 7) is 3.12. The van der Waals surface area contributed by atoms with Crippen LogP contribution >= 0.6 is 0 Å². The average Bonchev–Trinajstić information content (AvgIpc) is 2.63. The van der Waals surface area contributed by atoms with Crippen molar-refractivity contribution in [3.8, 4) is 5.75 Å². The molecule has 27 heavy (non-hydrogen) atoms. The topological polar surface area (TPSA) is 79.5 Å². The molecule has 2 atom stereocenters. The zero-order chi connectivity index (χ0) is 19.7. The van der Waals surface area contributed by atoms with Gasteiger partial charge in [0, 0.05) is 5.69 Å². The Kier molecular flexibility index (Phi) is 4.93. The number of amides is 2. The molecule has 2 amide bonds. The van der Waals surface area contributed by atoms with Crippen LogP contribution in [-0.2, 0) is 9.59 Å². The molecule has 6 nitrogen and oxygen atoms in total. The molecule has 0 saturated carbocycles. The average molecular weight is 379 g/mol. The van der Waals surface area contributed by atoms with Crippen molar-refractivity contribution in [2.24, 2.45) is 0 Å². The Labute approximate surface area is 152 Å². The summed E-state index contributed by atoms with van der Waals surface area (Å²) in [5.74, 6) is -4.94. The molecule has 1 aliphatic rings. The zero-order valence-corrected chi connectivity index (χ0v) is 14.4. The third kappa shape index (κ3) is 3.81. The predicted octanol–water partition coefficient (Wildman–Crippen LogP) is 3.26. The van der Waals surface area contributed by atoms with Gasteiger partial charge in [-0.05, 0) is 44.2 Å². The summed E-state index contributed by atoms with van der Waals surface area (Å²) in [5, 5.41) is 7.75. The van der Waals surface area contributed by atoms with E-state index in [1.54, 1.807) is 25.1 Å². The standard InChI is InChI=1S/C18H16F3N3O3/c1-8(17(25)23-12-5-4-11(19)15(20)16(12)21)22-10-3-6-14-13(7-10)24-18(26)9(2)27-14/h3-9,22H,1-2H3,(H,23,25)(H,24,26). The number of fused-ring (bicyclic) bond motifs is 1. The Morgan fingerprint density at radius 2 is 1.93 bits per heavy atom. The molecule has 1 heterocycles. The Bertz CT molecular complexity index is 920. The van der Waals surface area contributed by atoms with Crippen LogP contribution in [0.25, 0.3) is 0 Å². The summed E-state index contributed by atoms with van der Waals surface area (Å²) in [4.78, 5) is 23.9. The van der Waals surface area contributed by atoms with Crippen molar-refractivity contribution >= 4 is 28.9 Å². The van der Waals surface area contributed by atoms with Gasteiger partial charge in [0.25, 0.3) is 5.91 Å². The maximum atomic E-state index is 13.7. The summed E-state index contributed by atoms with van der Waals surface area (Å²) >= 11 is 0. The normalized spacial score (nSPS) is 16.6.